The Kier molecular flexibility index (Phi) is 7.87. The molecule has 2 aromatic carbocycles. The van der Waals surface area contributed by atoms with Crippen molar-refractivity contribution in [3.05, 3.63) is 117 Å². The first-order valence-corrected chi connectivity index (χ1v) is 22.3. The number of unbranched alkanes of at least 4 members (excludes halogenated alkanes) is 1. The lowest BCUT2D eigenvalue weighted by molar-refractivity contribution is -0.916. The lowest BCUT2D eigenvalue weighted by atomic mass is 9.75. The highest BCUT2D eigenvalue weighted by Crippen LogP contribution is 2.79. The number of anilines is 2. The van der Waals surface area contributed by atoms with Crippen LogP contribution in [0.4, 0.5) is 11.4 Å². The first-order valence-electron chi connectivity index (χ1n) is 20.8. The van der Waals surface area contributed by atoms with Gasteiger partial charge in [-0.3, -0.25) is 4.48 Å². The number of hydrogen-bond donors (Lipinski definition) is 0. The summed E-state index contributed by atoms with van der Waals surface area (Å²) in [6.45, 7) is 15.9. The maximum Gasteiger partial charge on any atom is 0.142 e. The number of aryl methyl sites for hydroxylation is 1. The van der Waals surface area contributed by atoms with Gasteiger partial charge in [0.2, 0.25) is 0 Å². The zero-order chi connectivity index (χ0) is 36.1. The minimum atomic E-state index is 0.0382. The molecule has 1 aromatic heterocycles. The van der Waals surface area contributed by atoms with Crippen molar-refractivity contribution in [2.24, 2.45) is 11.3 Å². The van der Waals surface area contributed by atoms with Gasteiger partial charge in [0.15, 0.2) is 0 Å². The van der Waals surface area contributed by atoms with Crippen molar-refractivity contribution in [1.29, 1.82) is 0 Å². The van der Waals surface area contributed by atoms with Gasteiger partial charge >= 0.3 is 0 Å². The zero-order valence-electron chi connectivity index (χ0n) is 32.6. The second-order valence-corrected chi connectivity index (χ2v) is 18.7. The number of fused-ring (bicyclic) bond motifs is 11. The number of furan rings is 1. The molecular weight excluding hydrogens is 663 g/mol. The van der Waals surface area contributed by atoms with E-state index in [1.807, 2.05) is 5.57 Å². The van der Waals surface area contributed by atoms with E-state index in [1.54, 1.807) is 10.8 Å². The zero-order valence-corrected chi connectivity index (χ0v) is 33.6. The van der Waals surface area contributed by atoms with Gasteiger partial charge in [-0.15, -0.1) is 0 Å². The first kappa shape index (κ1) is 33.7. The van der Waals surface area contributed by atoms with Crippen molar-refractivity contribution in [2.45, 2.75) is 110 Å². The quantitative estimate of drug-likeness (QED) is 0.131. The summed E-state index contributed by atoms with van der Waals surface area (Å²) in [6.07, 6.45) is 29.3. The summed E-state index contributed by atoms with van der Waals surface area (Å²) in [7, 11) is 0.844. The third-order valence-corrected chi connectivity index (χ3v) is 15.8. The summed E-state index contributed by atoms with van der Waals surface area (Å²) >= 11 is 0. The molecular formula is C48H56N3OSi+. The Bertz CT molecular complexity index is 2210. The Hall–Kier alpha value is -3.80. The maximum absolute atomic E-state index is 7.12. The average molecular weight is 719 g/mol. The number of quaternary nitrogens is 1. The monoisotopic (exact) mass is 718 g/mol. The lowest BCUT2D eigenvalue weighted by Crippen LogP contribution is -2.59. The van der Waals surface area contributed by atoms with E-state index in [4.69, 9.17) is 4.42 Å². The summed E-state index contributed by atoms with van der Waals surface area (Å²) in [5.74, 6) is 1.57. The molecule has 1 saturated carbocycles. The highest BCUT2D eigenvalue weighted by molar-refractivity contribution is 6.43. The fourth-order valence-corrected chi connectivity index (χ4v) is 12.6. The van der Waals surface area contributed by atoms with Crippen LogP contribution in [0.15, 0.2) is 99.4 Å². The molecule has 0 spiro atoms. The van der Waals surface area contributed by atoms with Gasteiger partial charge in [-0.2, -0.15) is 0 Å². The van der Waals surface area contributed by atoms with Crippen molar-refractivity contribution in [3.63, 3.8) is 0 Å². The molecule has 4 heterocycles. The molecule has 5 unspecified atom stereocenters. The highest BCUT2D eigenvalue weighted by atomic mass is 28.2. The van der Waals surface area contributed by atoms with E-state index in [0.717, 1.165) is 57.6 Å². The van der Waals surface area contributed by atoms with Crippen LogP contribution in [0.5, 0.6) is 0 Å². The second kappa shape index (κ2) is 12.4. The topological polar surface area (TPSA) is 19.6 Å². The molecule has 0 saturated heterocycles. The molecule has 3 aromatic rings. The van der Waals surface area contributed by atoms with Gasteiger partial charge in [-0.25, -0.2) is 0 Å². The van der Waals surface area contributed by atoms with Crippen LogP contribution in [0.3, 0.4) is 0 Å². The number of hydrogen-bond acceptors (Lipinski definition) is 3. The number of nitrogens with zero attached hydrogens (tertiary/aromatic N) is 3. The Balaban J connectivity index is 1.22. The SMILES string of the molecule is CCCC[N+]1(C=C(C)[Si]C)CC2=C(CCCC2)C2(C)C(C3=CN4c5ccccc5N(CC5=CCCC=C5)C4c4c3ccc3c5c(oc43)CCC=C5)C21C. The summed E-state index contributed by atoms with van der Waals surface area (Å²) in [5, 5.41) is 2.85. The molecule has 0 N–H and O–H groups in total. The molecule has 2 radical (unpaired) electrons. The third-order valence-electron chi connectivity index (χ3n) is 14.9. The van der Waals surface area contributed by atoms with E-state index < -0.39 is 0 Å². The molecule has 0 amide bonds. The molecule has 53 heavy (non-hydrogen) atoms. The maximum atomic E-state index is 7.12. The largest absolute Gasteiger partial charge is 0.460 e. The van der Waals surface area contributed by atoms with Gasteiger partial charge in [0, 0.05) is 35.7 Å². The Morgan fingerprint density at radius 3 is 2.64 bits per heavy atom. The molecule has 272 valence electrons. The molecule has 1 fully saturated rings. The van der Waals surface area contributed by atoms with Gasteiger partial charge in [0.25, 0.3) is 0 Å². The number of allylic oxidation sites excluding steroid dienone is 4. The average Bonchev–Trinajstić information content (AvgIpc) is 3.41. The number of benzene rings is 2. The van der Waals surface area contributed by atoms with Gasteiger partial charge < -0.3 is 14.2 Å². The number of para-hydroxylation sites is 2. The van der Waals surface area contributed by atoms with Crippen LogP contribution in [0.2, 0.25) is 6.55 Å². The van der Waals surface area contributed by atoms with Gasteiger partial charge in [-0.1, -0.05) is 74.0 Å². The summed E-state index contributed by atoms with van der Waals surface area (Å²) in [4.78, 5) is 5.35. The van der Waals surface area contributed by atoms with Gasteiger partial charge in [-0.05, 0) is 118 Å². The van der Waals surface area contributed by atoms with Gasteiger partial charge in [0.1, 0.15) is 29.6 Å². The minimum absolute atomic E-state index is 0.0382. The van der Waals surface area contributed by atoms with Crippen LogP contribution in [-0.4, -0.2) is 39.2 Å². The highest BCUT2D eigenvalue weighted by Gasteiger charge is 2.84. The van der Waals surface area contributed by atoms with E-state index >= 15 is 0 Å². The van der Waals surface area contributed by atoms with Crippen molar-refractivity contribution in [2.75, 3.05) is 29.4 Å². The van der Waals surface area contributed by atoms with Crippen LogP contribution in [0, 0.1) is 11.3 Å². The normalized spacial score (nSPS) is 31.1. The standard InChI is InChI=1S/C48H56N3OSi/c1-6-7-27-51(30-32(2)53-5)31-34-19-11-13-21-39(34)47(3)45(48(47,51)4)38-29-50-41-23-15-14-22-40(41)49(28-33-17-9-8-10-18-33)46(50)43-36(38)25-26-37-35-20-12-16-24-42(35)52-44(37)43/h9,12,14-15,17-18,20,22-23,25-26,29-30,45-46H,6-8,10-11,13,16,19,21,24,27-28,31H2,1-5H3/q+1. The molecule has 4 nitrogen and oxygen atoms in total. The van der Waals surface area contributed by atoms with Crippen molar-refractivity contribution in [1.82, 2.24) is 0 Å². The fourth-order valence-electron chi connectivity index (χ4n) is 12.2. The van der Waals surface area contributed by atoms with Crippen molar-refractivity contribution in [3.8, 4) is 0 Å². The van der Waals surface area contributed by atoms with E-state index in [2.05, 4.69) is 123 Å². The first-order chi connectivity index (χ1) is 25.8. The minimum Gasteiger partial charge on any atom is -0.460 e. The number of rotatable bonds is 8. The van der Waals surface area contributed by atoms with Crippen molar-refractivity contribution >= 4 is 43.5 Å². The van der Waals surface area contributed by atoms with Crippen LogP contribution < -0.4 is 9.80 Å². The lowest BCUT2D eigenvalue weighted by Gasteiger charge is -2.49. The van der Waals surface area contributed by atoms with Crippen LogP contribution in [0.1, 0.15) is 114 Å². The van der Waals surface area contributed by atoms with Crippen molar-refractivity contribution < 1.29 is 8.90 Å². The van der Waals surface area contributed by atoms with Crippen LogP contribution in [-0.2, 0) is 6.42 Å². The summed E-state index contributed by atoms with van der Waals surface area (Å²) in [6, 6.07) is 14.1. The molecule has 4 aliphatic carbocycles. The molecule has 3 aliphatic heterocycles. The predicted molar refractivity (Wildman–Crippen MR) is 223 cm³/mol. The van der Waals surface area contributed by atoms with Crippen LogP contribution in [0.25, 0.3) is 22.6 Å². The Morgan fingerprint density at radius 1 is 1.00 bits per heavy atom. The van der Waals surface area contributed by atoms with E-state index in [9.17, 15) is 0 Å². The van der Waals surface area contributed by atoms with E-state index in [-0.39, 0.29) is 17.1 Å². The smallest absolute Gasteiger partial charge is 0.142 e. The second-order valence-electron chi connectivity index (χ2n) is 17.4. The molecule has 0 bridgehead atoms. The summed E-state index contributed by atoms with van der Waals surface area (Å²) < 4.78 is 8.22. The fraction of sp³-hybridized carbons (Fsp3) is 0.458. The predicted octanol–water partition coefficient (Wildman–Crippen LogP) is 11.9. The Labute approximate surface area is 319 Å². The molecule has 5 atom stereocenters. The van der Waals surface area contributed by atoms with E-state index in [1.165, 1.54) is 96.2 Å². The molecule has 10 rings (SSSR count). The molecule has 7 aliphatic rings. The summed E-state index contributed by atoms with van der Waals surface area (Å²) in [5.41, 5.74) is 14.6. The third kappa shape index (κ3) is 4.62. The van der Waals surface area contributed by atoms with E-state index in [0.29, 0.717) is 5.92 Å². The van der Waals surface area contributed by atoms with Crippen LogP contribution >= 0.6 is 0 Å². The van der Waals surface area contributed by atoms with Gasteiger partial charge in [0.05, 0.1) is 45.0 Å². The Morgan fingerprint density at radius 2 is 1.83 bits per heavy atom. The molecule has 5 heteroatoms.